The second-order valence-corrected chi connectivity index (χ2v) is 3.87. The molecule has 1 rings (SSSR count). The molecule has 1 aromatic rings. The van der Waals surface area contributed by atoms with Crippen LogP contribution in [0.3, 0.4) is 0 Å². The van der Waals surface area contributed by atoms with Crippen LogP contribution < -0.4 is 10.9 Å². The molecule has 2 N–H and O–H groups in total. The molecule has 0 unspecified atom stereocenters. The number of hydrazone groups is 1. The third-order valence-corrected chi connectivity index (χ3v) is 2.32. The third kappa shape index (κ3) is 2.46. The summed E-state index contributed by atoms with van der Waals surface area (Å²) < 4.78 is 0. The van der Waals surface area contributed by atoms with Gasteiger partial charge in [-0.25, -0.2) is 0 Å². The van der Waals surface area contributed by atoms with Crippen molar-refractivity contribution in [1.82, 2.24) is 4.98 Å². The SMILES string of the molecule is CC(C)=NNc1[nH]c(C)c(C)c(=O)c1C. The highest BCUT2D eigenvalue weighted by molar-refractivity contribution is 5.79. The average molecular weight is 207 g/mol. The Kier molecular flexibility index (Phi) is 3.29. The van der Waals surface area contributed by atoms with E-state index in [0.29, 0.717) is 11.4 Å². The lowest BCUT2D eigenvalue weighted by Crippen LogP contribution is -2.15. The third-order valence-electron chi connectivity index (χ3n) is 2.32. The molecule has 0 aromatic carbocycles. The Morgan fingerprint density at radius 3 is 2.33 bits per heavy atom. The lowest BCUT2D eigenvalue weighted by Gasteiger charge is -2.08. The summed E-state index contributed by atoms with van der Waals surface area (Å²) in [4.78, 5) is 14.9. The van der Waals surface area contributed by atoms with Crippen molar-refractivity contribution < 1.29 is 0 Å². The summed E-state index contributed by atoms with van der Waals surface area (Å²) in [6, 6.07) is 0. The number of nitrogens with zero attached hydrogens (tertiary/aromatic N) is 1. The quantitative estimate of drug-likeness (QED) is 0.576. The molecular weight excluding hydrogens is 190 g/mol. The van der Waals surface area contributed by atoms with Gasteiger partial charge in [-0.1, -0.05) is 0 Å². The number of hydrogen-bond donors (Lipinski definition) is 2. The van der Waals surface area contributed by atoms with Gasteiger partial charge in [0, 0.05) is 22.5 Å². The van der Waals surface area contributed by atoms with Crippen LogP contribution in [-0.4, -0.2) is 10.7 Å². The first-order valence-electron chi connectivity index (χ1n) is 4.90. The van der Waals surface area contributed by atoms with Gasteiger partial charge in [-0.05, 0) is 34.6 Å². The first-order chi connectivity index (χ1) is 6.93. The smallest absolute Gasteiger partial charge is 0.189 e. The van der Waals surface area contributed by atoms with E-state index in [4.69, 9.17) is 0 Å². The summed E-state index contributed by atoms with van der Waals surface area (Å²) in [5.74, 6) is 0.671. The van der Waals surface area contributed by atoms with Crippen LogP contribution in [-0.2, 0) is 0 Å². The second-order valence-electron chi connectivity index (χ2n) is 3.87. The largest absolute Gasteiger partial charge is 0.344 e. The highest BCUT2D eigenvalue weighted by atomic mass is 16.1. The van der Waals surface area contributed by atoms with E-state index < -0.39 is 0 Å². The van der Waals surface area contributed by atoms with Gasteiger partial charge in [0.25, 0.3) is 0 Å². The zero-order valence-electron chi connectivity index (χ0n) is 9.86. The zero-order valence-corrected chi connectivity index (χ0v) is 9.86. The Hall–Kier alpha value is -1.58. The molecule has 1 heterocycles. The standard InChI is InChI=1S/C11H17N3O/c1-6(2)13-14-11-8(4)10(15)7(3)9(5)12-11/h1-5H3,(H2,12,14,15). The lowest BCUT2D eigenvalue weighted by molar-refractivity contribution is 1.08. The number of aromatic amines is 1. The van der Waals surface area contributed by atoms with E-state index in [2.05, 4.69) is 15.5 Å². The number of nitrogens with one attached hydrogen (secondary N) is 2. The maximum Gasteiger partial charge on any atom is 0.189 e. The molecule has 0 saturated carbocycles. The predicted molar refractivity (Wildman–Crippen MR) is 63.7 cm³/mol. The van der Waals surface area contributed by atoms with Crippen molar-refractivity contribution in [3.05, 3.63) is 27.0 Å². The van der Waals surface area contributed by atoms with E-state index in [1.807, 2.05) is 27.7 Å². The van der Waals surface area contributed by atoms with Crippen molar-refractivity contribution in [1.29, 1.82) is 0 Å². The molecular formula is C11H17N3O. The van der Waals surface area contributed by atoms with Crippen LogP contribution in [0, 0.1) is 20.8 Å². The Bertz CT molecular complexity index is 454. The van der Waals surface area contributed by atoms with Crippen molar-refractivity contribution >= 4 is 11.5 Å². The first kappa shape index (κ1) is 11.5. The van der Waals surface area contributed by atoms with Crippen molar-refractivity contribution in [3.63, 3.8) is 0 Å². The van der Waals surface area contributed by atoms with E-state index in [1.165, 1.54) is 0 Å². The molecule has 0 aliphatic rings. The lowest BCUT2D eigenvalue weighted by atomic mass is 10.1. The Balaban J connectivity index is 3.21. The average Bonchev–Trinajstić information content (AvgIpc) is 2.18. The van der Waals surface area contributed by atoms with Crippen LogP contribution in [0.1, 0.15) is 30.7 Å². The van der Waals surface area contributed by atoms with E-state index >= 15 is 0 Å². The molecule has 0 fully saturated rings. The number of hydrogen-bond acceptors (Lipinski definition) is 3. The van der Waals surface area contributed by atoms with E-state index in [-0.39, 0.29) is 5.43 Å². The fourth-order valence-corrected chi connectivity index (χ4v) is 1.22. The molecule has 82 valence electrons. The van der Waals surface area contributed by atoms with Crippen molar-refractivity contribution in [2.45, 2.75) is 34.6 Å². The monoisotopic (exact) mass is 207 g/mol. The summed E-state index contributed by atoms with van der Waals surface area (Å²) in [6.07, 6.45) is 0. The topological polar surface area (TPSA) is 57.2 Å². The Morgan fingerprint density at radius 1 is 1.20 bits per heavy atom. The van der Waals surface area contributed by atoms with Gasteiger partial charge in [0.1, 0.15) is 5.82 Å². The zero-order chi connectivity index (χ0) is 11.6. The van der Waals surface area contributed by atoms with Gasteiger partial charge in [0.05, 0.1) is 0 Å². The molecule has 0 aliphatic carbocycles. The summed E-state index contributed by atoms with van der Waals surface area (Å²) >= 11 is 0. The van der Waals surface area contributed by atoms with Gasteiger partial charge in [0.15, 0.2) is 5.43 Å². The molecule has 0 bridgehead atoms. The minimum Gasteiger partial charge on any atom is -0.344 e. The highest BCUT2D eigenvalue weighted by Crippen LogP contribution is 2.10. The number of H-pyrrole nitrogens is 1. The molecule has 0 saturated heterocycles. The Labute approximate surface area is 89.4 Å². The molecule has 1 aromatic heterocycles. The maximum atomic E-state index is 11.7. The highest BCUT2D eigenvalue weighted by Gasteiger charge is 2.07. The molecule has 15 heavy (non-hydrogen) atoms. The van der Waals surface area contributed by atoms with Crippen molar-refractivity contribution in [2.75, 3.05) is 5.43 Å². The van der Waals surface area contributed by atoms with Gasteiger partial charge >= 0.3 is 0 Å². The van der Waals surface area contributed by atoms with E-state index in [0.717, 1.165) is 17.0 Å². The van der Waals surface area contributed by atoms with Gasteiger partial charge in [-0.2, -0.15) is 5.10 Å². The fraction of sp³-hybridized carbons (Fsp3) is 0.455. The van der Waals surface area contributed by atoms with E-state index in [9.17, 15) is 4.79 Å². The molecule has 4 heteroatoms. The normalized spacial score (nSPS) is 9.93. The van der Waals surface area contributed by atoms with Crippen molar-refractivity contribution in [3.8, 4) is 0 Å². The fourth-order valence-electron chi connectivity index (χ4n) is 1.22. The van der Waals surface area contributed by atoms with Gasteiger partial charge in [-0.3, -0.25) is 10.2 Å². The molecule has 0 radical (unpaired) electrons. The van der Waals surface area contributed by atoms with Gasteiger partial charge in [0.2, 0.25) is 0 Å². The van der Waals surface area contributed by atoms with Crippen molar-refractivity contribution in [2.24, 2.45) is 5.10 Å². The van der Waals surface area contributed by atoms with Crippen LogP contribution in [0.15, 0.2) is 9.90 Å². The number of aromatic nitrogens is 1. The van der Waals surface area contributed by atoms with Gasteiger partial charge < -0.3 is 4.98 Å². The molecule has 0 spiro atoms. The maximum absolute atomic E-state index is 11.7. The van der Waals surface area contributed by atoms with Crippen LogP contribution in [0.2, 0.25) is 0 Å². The predicted octanol–water partition coefficient (Wildman–Crippen LogP) is 2.11. The number of rotatable bonds is 2. The first-order valence-corrected chi connectivity index (χ1v) is 4.90. The summed E-state index contributed by atoms with van der Waals surface area (Å²) in [5, 5.41) is 4.06. The number of aryl methyl sites for hydroxylation is 1. The Morgan fingerprint density at radius 2 is 1.80 bits per heavy atom. The molecule has 4 nitrogen and oxygen atoms in total. The van der Waals surface area contributed by atoms with Gasteiger partial charge in [-0.15, -0.1) is 0 Å². The van der Waals surface area contributed by atoms with Crippen LogP contribution in [0.5, 0.6) is 0 Å². The summed E-state index contributed by atoms with van der Waals surface area (Å²) in [6.45, 7) is 9.26. The summed E-state index contributed by atoms with van der Waals surface area (Å²) in [7, 11) is 0. The molecule has 0 amide bonds. The molecule has 0 atom stereocenters. The van der Waals surface area contributed by atoms with Crippen LogP contribution >= 0.6 is 0 Å². The molecule has 0 aliphatic heterocycles. The number of pyridine rings is 1. The van der Waals surface area contributed by atoms with E-state index in [1.54, 1.807) is 6.92 Å². The second kappa shape index (κ2) is 4.29. The summed E-state index contributed by atoms with van der Waals surface area (Å²) in [5.41, 5.74) is 6.13. The minimum atomic E-state index is 0.0673. The minimum absolute atomic E-state index is 0.0673. The van der Waals surface area contributed by atoms with Crippen LogP contribution in [0.25, 0.3) is 0 Å². The van der Waals surface area contributed by atoms with Crippen LogP contribution in [0.4, 0.5) is 5.82 Å². The number of anilines is 1.